The lowest BCUT2D eigenvalue weighted by Gasteiger charge is -2.22. The van der Waals surface area contributed by atoms with E-state index in [9.17, 15) is 13.2 Å². The Labute approximate surface area is 201 Å². The van der Waals surface area contributed by atoms with Crippen molar-refractivity contribution in [2.24, 2.45) is 0 Å². The van der Waals surface area contributed by atoms with Crippen LogP contribution >= 0.6 is 11.3 Å². The molecular formula is C24H22N4O4S2. The Bertz CT molecular complexity index is 1420. The molecule has 10 heteroatoms. The van der Waals surface area contributed by atoms with Crippen LogP contribution in [0.1, 0.15) is 15.9 Å². The van der Waals surface area contributed by atoms with Crippen molar-refractivity contribution < 1.29 is 17.9 Å². The van der Waals surface area contributed by atoms with E-state index in [1.807, 2.05) is 31.2 Å². The standard InChI is InChI=1S/C24H22N4O4S2/c1-16-8-14-19(15-9-16)34(30,31)28(2)21-7-5-4-6-20(21)22(29)25-24-27-26-23(33-24)17-10-12-18(32-3)13-11-17/h4-15H,1-3H3,(H,25,27,29). The summed E-state index contributed by atoms with van der Waals surface area (Å²) >= 11 is 1.21. The average Bonchev–Trinajstić information content (AvgIpc) is 3.32. The molecule has 0 radical (unpaired) electrons. The van der Waals surface area contributed by atoms with E-state index < -0.39 is 15.9 Å². The van der Waals surface area contributed by atoms with Crippen LogP contribution < -0.4 is 14.4 Å². The van der Waals surface area contributed by atoms with Gasteiger partial charge in [-0.1, -0.05) is 41.2 Å². The van der Waals surface area contributed by atoms with Crippen LogP contribution in [0.2, 0.25) is 0 Å². The molecule has 0 saturated carbocycles. The Kier molecular flexibility index (Phi) is 6.62. The summed E-state index contributed by atoms with van der Waals surface area (Å²) in [5.41, 5.74) is 2.23. The summed E-state index contributed by atoms with van der Waals surface area (Å²) in [5, 5.41) is 11.8. The van der Waals surface area contributed by atoms with Crippen molar-refractivity contribution >= 4 is 38.1 Å². The molecule has 1 amide bonds. The fourth-order valence-electron chi connectivity index (χ4n) is 3.23. The van der Waals surface area contributed by atoms with E-state index in [4.69, 9.17) is 4.74 Å². The van der Waals surface area contributed by atoms with Gasteiger partial charge in [0.1, 0.15) is 10.8 Å². The quantitative estimate of drug-likeness (QED) is 0.403. The monoisotopic (exact) mass is 494 g/mol. The topological polar surface area (TPSA) is 101 Å². The van der Waals surface area contributed by atoms with Gasteiger partial charge in [-0.2, -0.15) is 0 Å². The van der Waals surface area contributed by atoms with Crippen molar-refractivity contribution in [1.82, 2.24) is 10.2 Å². The Morgan fingerprint density at radius 2 is 1.65 bits per heavy atom. The summed E-state index contributed by atoms with van der Waals surface area (Å²) in [6.45, 7) is 1.88. The summed E-state index contributed by atoms with van der Waals surface area (Å²) in [7, 11) is -0.841. The first kappa shape index (κ1) is 23.4. The number of carbonyl (C=O) groups is 1. The van der Waals surface area contributed by atoms with Crippen LogP contribution in [0.15, 0.2) is 77.7 Å². The minimum absolute atomic E-state index is 0.143. The van der Waals surface area contributed by atoms with Crippen molar-refractivity contribution in [3.8, 4) is 16.3 Å². The second kappa shape index (κ2) is 9.62. The number of ether oxygens (including phenoxy) is 1. The summed E-state index contributed by atoms with van der Waals surface area (Å²) in [5.74, 6) is 0.238. The van der Waals surface area contributed by atoms with E-state index in [1.54, 1.807) is 55.6 Å². The van der Waals surface area contributed by atoms with Crippen LogP contribution in [-0.2, 0) is 10.0 Å². The number of hydrogen-bond donors (Lipinski definition) is 1. The highest BCUT2D eigenvalue weighted by atomic mass is 32.2. The fraction of sp³-hybridized carbons (Fsp3) is 0.125. The first-order chi connectivity index (χ1) is 16.3. The molecule has 4 rings (SSSR count). The molecule has 0 spiro atoms. The van der Waals surface area contributed by atoms with Gasteiger partial charge in [-0.15, -0.1) is 10.2 Å². The minimum Gasteiger partial charge on any atom is -0.497 e. The molecule has 0 unspecified atom stereocenters. The van der Waals surface area contributed by atoms with E-state index in [0.717, 1.165) is 21.2 Å². The number of nitrogens with zero attached hydrogens (tertiary/aromatic N) is 3. The maximum Gasteiger partial charge on any atom is 0.264 e. The molecule has 0 aliphatic heterocycles. The molecule has 1 N–H and O–H groups in total. The molecule has 0 fully saturated rings. The molecule has 174 valence electrons. The number of hydrogen-bond acceptors (Lipinski definition) is 7. The van der Waals surface area contributed by atoms with Crippen LogP contribution in [0.4, 0.5) is 10.8 Å². The Balaban J connectivity index is 1.57. The lowest BCUT2D eigenvalue weighted by Crippen LogP contribution is -2.29. The lowest BCUT2D eigenvalue weighted by molar-refractivity contribution is 0.102. The van der Waals surface area contributed by atoms with E-state index in [2.05, 4.69) is 15.5 Å². The van der Waals surface area contributed by atoms with Gasteiger partial charge in [0.15, 0.2) is 0 Å². The largest absolute Gasteiger partial charge is 0.497 e. The number of aromatic nitrogens is 2. The summed E-state index contributed by atoms with van der Waals surface area (Å²) in [6, 6.07) is 20.4. The second-order valence-electron chi connectivity index (χ2n) is 7.40. The fourth-order valence-corrected chi connectivity index (χ4v) is 5.19. The molecule has 1 heterocycles. The molecule has 34 heavy (non-hydrogen) atoms. The first-order valence-corrected chi connectivity index (χ1v) is 12.5. The summed E-state index contributed by atoms with van der Waals surface area (Å²) in [4.78, 5) is 13.2. The third-order valence-corrected chi connectivity index (χ3v) is 7.82. The maximum absolute atomic E-state index is 13.1. The van der Waals surface area contributed by atoms with Crippen molar-refractivity contribution in [2.75, 3.05) is 23.8 Å². The Hall–Kier alpha value is -3.76. The van der Waals surface area contributed by atoms with Gasteiger partial charge < -0.3 is 4.74 Å². The predicted octanol–water partition coefficient (Wildman–Crippen LogP) is 4.60. The van der Waals surface area contributed by atoms with Crippen molar-refractivity contribution in [2.45, 2.75) is 11.8 Å². The zero-order valence-corrected chi connectivity index (χ0v) is 20.4. The van der Waals surface area contributed by atoms with Gasteiger partial charge in [0.2, 0.25) is 5.13 Å². The first-order valence-electron chi connectivity index (χ1n) is 10.2. The van der Waals surface area contributed by atoms with Gasteiger partial charge in [0.25, 0.3) is 15.9 Å². The van der Waals surface area contributed by atoms with Gasteiger partial charge in [-0.3, -0.25) is 14.4 Å². The van der Waals surface area contributed by atoms with Crippen LogP contribution in [0, 0.1) is 6.92 Å². The van der Waals surface area contributed by atoms with E-state index >= 15 is 0 Å². The second-order valence-corrected chi connectivity index (χ2v) is 10.3. The smallest absolute Gasteiger partial charge is 0.264 e. The van der Waals surface area contributed by atoms with Crippen LogP contribution in [-0.4, -0.2) is 38.7 Å². The zero-order valence-electron chi connectivity index (χ0n) is 18.7. The number of benzene rings is 3. The molecule has 8 nitrogen and oxygen atoms in total. The van der Waals surface area contributed by atoms with Gasteiger partial charge in [-0.05, 0) is 55.5 Å². The Morgan fingerprint density at radius 1 is 0.971 bits per heavy atom. The molecule has 0 aliphatic rings. The van der Waals surface area contributed by atoms with Crippen LogP contribution in [0.25, 0.3) is 10.6 Å². The van der Waals surface area contributed by atoms with Crippen molar-refractivity contribution in [3.63, 3.8) is 0 Å². The molecule has 1 aromatic heterocycles. The number of sulfonamides is 1. The number of anilines is 2. The molecule has 3 aromatic carbocycles. The Morgan fingerprint density at radius 3 is 2.32 bits per heavy atom. The van der Waals surface area contributed by atoms with Crippen molar-refractivity contribution in [1.29, 1.82) is 0 Å². The van der Waals surface area contributed by atoms with Gasteiger partial charge >= 0.3 is 0 Å². The number of amides is 1. The third kappa shape index (κ3) is 4.78. The maximum atomic E-state index is 13.1. The van der Waals surface area contributed by atoms with Gasteiger partial charge in [-0.25, -0.2) is 8.42 Å². The van der Waals surface area contributed by atoms with Crippen LogP contribution in [0.5, 0.6) is 5.75 Å². The average molecular weight is 495 g/mol. The highest BCUT2D eigenvalue weighted by Crippen LogP contribution is 2.30. The van der Waals surface area contributed by atoms with E-state index in [0.29, 0.717) is 10.1 Å². The number of aryl methyl sites for hydroxylation is 1. The summed E-state index contributed by atoms with van der Waals surface area (Å²) in [6.07, 6.45) is 0. The van der Waals surface area contributed by atoms with Crippen molar-refractivity contribution in [3.05, 3.63) is 83.9 Å². The number of nitrogens with one attached hydrogen (secondary N) is 1. The van der Waals surface area contributed by atoms with Gasteiger partial charge in [0.05, 0.1) is 23.3 Å². The normalized spacial score (nSPS) is 11.1. The highest BCUT2D eigenvalue weighted by Gasteiger charge is 2.25. The minimum atomic E-state index is -3.86. The van der Waals surface area contributed by atoms with Gasteiger partial charge in [0, 0.05) is 12.6 Å². The highest BCUT2D eigenvalue weighted by molar-refractivity contribution is 7.92. The number of rotatable bonds is 7. The number of carbonyl (C=O) groups excluding carboxylic acids is 1. The SMILES string of the molecule is COc1ccc(-c2nnc(NC(=O)c3ccccc3N(C)S(=O)(=O)c3ccc(C)cc3)s2)cc1. The predicted molar refractivity (Wildman–Crippen MR) is 133 cm³/mol. The lowest BCUT2D eigenvalue weighted by atomic mass is 10.1. The molecular weight excluding hydrogens is 472 g/mol. The van der Waals surface area contributed by atoms with E-state index in [1.165, 1.54) is 18.4 Å². The third-order valence-electron chi connectivity index (χ3n) is 5.15. The molecule has 0 atom stereocenters. The van der Waals surface area contributed by atoms with Crippen LogP contribution in [0.3, 0.4) is 0 Å². The number of para-hydroxylation sites is 1. The summed E-state index contributed by atoms with van der Waals surface area (Å²) < 4.78 is 32.6. The molecule has 4 aromatic rings. The molecule has 0 bridgehead atoms. The number of methoxy groups -OCH3 is 1. The van der Waals surface area contributed by atoms with E-state index in [-0.39, 0.29) is 16.1 Å². The molecule has 0 aliphatic carbocycles. The zero-order chi connectivity index (χ0) is 24.3. The molecule has 0 saturated heterocycles.